The number of hydrogen-bond donors (Lipinski definition) is 0. The number of halogens is 1. The van der Waals surface area contributed by atoms with Crippen molar-refractivity contribution in [3.05, 3.63) is 78.0 Å². The van der Waals surface area contributed by atoms with Crippen molar-refractivity contribution in [2.24, 2.45) is 11.3 Å². The smallest absolute Gasteiger partial charge is 0.309 e. The van der Waals surface area contributed by atoms with E-state index in [-0.39, 0.29) is 23.2 Å². The molecule has 7 heteroatoms. The first kappa shape index (κ1) is 21.5. The van der Waals surface area contributed by atoms with Crippen molar-refractivity contribution in [2.45, 2.75) is 26.2 Å². The summed E-state index contributed by atoms with van der Waals surface area (Å²) < 4.78 is 12.9. The summed E-state index contributed by atoms with van der Waals surface area (Å²) in [7, 11) is 1.44. The average molecular weight is 462 g/mol. The first-order chi connectivity index (χ1) is 15.9. The highest BCUT2D eigenvalue weighted by molar-refractivity contribution is 6.33. The predicted molar refractivity (Wildman–Crippen MR) is 127 cm³/mol. The first-order valence-corrected chi connectivity index (χ1v) is 11.2. The summed E-state index contributed by atoms with van der Waals surface area (Å²) in [5, 5.41) is 0.387. The molecule has 2 heterocycles. The van der Waals surface area contributed by atoms with Crippen LogP contribution < -0.4 is 4.74 Å². The van der Waals surface area contributed by atoms with E-state index in [2.05, 4.69) is 18.8 Å². The van der Waals surface area contributed by atoms with Gasteiger partial charge in [-0.25, -0.2) is 9.97 Å². The van der Waals surface area contributed by atoms with Gasteiger partial charge in [0.2, 0.25) is 0 Å². The molecule has 1 aliphatic rings. The van der Waals surface area contributed by atoms with Gasteiger partial charge in [-0.3, -0.25) is 9.20 Å². The number of imidazole rings is 1. The lowest BCUT2D eigenvalue weighted by molar-refractivity contribution is -0.158. The summed E-state index contributed by atoms with van der Waals surface area (Å²) in [4.78, 5) is 21.5. The lowest BCUT2D eigenvalue weighted by Crippen LogP contribution is -2.48. The third kappa shape index (κ3) is 3.64. The molecule has 1 saturated carbocycles. The molecule has 1 aliphatic carbocycles. The van der Waals surface area contributed by atoms with Crippen LogP contribution in [0.4, 0.5) is 0 Å². The number of carbonyl (C=O) groups is 1. The van der Waals surface area contributed by atoms with Crippen LogP contribution in [-0.4, -0.2) is 27.4 Å². The molecular weight excluding hydrogens is 438 g/mol. The van der Waals surface area contributed by atoms with E-state index in [9.17, 15) is 4.79 Å². The third-order valence-electron chi connectivity index (χ3n) is 6.71. The predicted octanol–water partition coefficient (Wildman–Crippen LogP) is 6.14. The van der Waals surface area contributed by atoms with Crippen LogP contribution in [0.2, 0.25) is 5.15 Å². The number of carbonyl (C=O) groups excluding carboxylic acids is 1. The normalized spacial score (nSPS) is 19.2. The quantitative estimate of drug-likeness (QED) is 0.334. The summed E-state index contributed by atoms with van der Waals surface area (Å²) in [6, 6.07) is 17.4. The Balaban J connectivity index is 1.52. The Bertz CT molecular complexity index is 1320. The topological polar surface area (TPSA) is 65.7 Å². The average Bonchev–Trinajstić information content (AvgIpc) is 3.20. The number of ether oxygens (including phenoxy) is 2. The maximum Gasteiger partial charge on any atom is 0.309 e. The molecule has 5 rings (SSSR count). The summed E-state index contributed by atoms with van der Waals surface area (Å²) in [6.07, 6.45) is 4.23. The van der Waals surface area contributed by atoms with E-state index >= 15 is 0 Å². The van der Waals surface area contributed by atoms with Crippen LogP contribution >= 0.6 is 11.6 Å². The van der Waals surface area contributed by atoms with Gasteiger partial charge in [-0.1, -0.05) is 43.6 Å². The fourth-order valence-electron chi connectivity index (χ4n) is 4.68. The number of rotatable bonds is 5. The highest BCUT2D eigenvalue weighted by atomic mass is 35.5. The van der Waals surface area contributed by atoms with E-state index in [4.69, 9.17) is 26.1 Å². The van der Waals surface area contributed by atoms with Crippen molar-refractivity contribution in [1.82, 2.24) is 14.4 Å². The van der Waals surface area contributed by atoms with Crippen LogP contribution in [0.3, 0.4) is 0 Å². The van der Waals surface area contributed by atoms with Crippen molar-refractivity contribution in [2.75, 3.05) is 7.11 Å². The SMILES string of the molecule is COC(=O)[C@H]1C[C@@H](c2nc(-c3ccc(Oc4ccccc4)cc3)c3c(Cl)nccn23)C1(C)C. The van der Waals surface area contributed by atoms with Gasteiger partial charge < -0.3 is 9.47 Å². The van der Waals surface area contributed by atoms with Crippen molar-refractivity contribution in [1.29, 1.82) is 0 Å². The Kier molecular flexibility index (Phi) is 5.33. The maximum absolute atomic E-state index is 12.2. The second-order valence-electron chi connectivity index (χ2n) is 8.88. The molecule has 1 fully saturated rings. The number of fused-ring (bicyclic) bond motifs is 1. The first-order valence-electron chi connectivity index (χ1n) is 10.8. The number of hydrogen-bond acceptors (Lipinski definition) is 5. The minimum absolute atomic E-state index is 0.0852. The zero-order chi connectivity index (χ0) is 23.2. The van der Waals surface area contributed by atoms with E-state index in [0.717, 1.165) is 34.1 Å². The second-order valence-corrected chi connectivity index (χ2v) is 9.24. The molecule has 6 nitrogen and oxygen atoms in total. The molecule has 2 atom stereocenters. The molecule has 0 saturated heterocycles. The Morgan fingerprint density at radius 3 is 2.45 bits per heavy atom. The number of para-hydroxylation sites is 1. The van der Waals surface area contributed by atoms with Gasteiger partial charge in [0.05, 0.1) is 18.7 Å². The molecular formula is C26H24ClN3O3. The van der Waals surface area contributed by atoms with Crippen LogP contribution in [0.5, 0.6) is 11.5 Å². The monoisotopic (exact) mass is 461 g/mol. The van der Waals surface area contributed by atoms with Gasteiger partial charge in [0.25, 0.3) is 0 Å². The Morgan fingerprint density at radius 2 is 1.79 bits per heavy atom. The number of esters is 1. The molecule has 4 aromatic rings. The van der Waals surface area contributed by atoms with Gasteiger partial charge in [0, 0.05) is 23.9 Å². The molecule has 2 aromatic carbocycles. The number of aromatic nitrogens is 3. The zero-order valence-electron chi connectivity index (χ0n) is 18.7. The van der Waals surface area contributed by atoms with Crippen molar-refractivity contribution in [3.63, 3.8) is 0 Å². The van der Waals surface area contributed by atoms with E-state index in [0.29, 0.717) is 11.6 Å². The van der Waals surface area contributed by atoms with Gasteiger partial charge in [0.1, 0.15) is 22.8 Å². The minimum atomic E-state index is -0.283. The highest BCUT2D eigenvalue weighted by Gasteiger charge is 2.54. The van der Waals surface area contributed by atoms with Crippen LogP contribution in [0.25, 0.3) is 16.8 Å². The zero-order valence-corrected chi connectivity index (χ0v) is 19.4. The molecule has 0 amide bonds. The largest absolute Gasteiger partial charge is 0.469 e. The molecule has 0 spiro atoms. The van der Waals surface area contributed by atoms with Crippen molar-refractivity contribution >= 4 is 23.1 Å². The fraction of sp³-hybridized carbons (Fsp3) is 0.269. The van der Waals surface area contributed by atoms with E-state index in [1.54, 1.807) is 6.20 Å². The van der Waals surface area contributed by atoms with Crippen molar-refractivity contribution in [3.8, 4) is 22.8 Å². The van der Waals surface area contributed by atoms with Crippen molar-refractivity contribution < 1.29 is 14.3 Å². The molecule has 0 N–H and O–H groups in total. The number of benzene rings is 2. The van der Waals surface area contributed by atoms with Gasteiger partial charge in [0.15, 0.2) is 5.15 Å². The molecule has 0 bridgehead atoms. The highest BCUT2D eigenvalue weighted by Crippen LogP contribution is 2.57. The molecule has 2 aromatic heterocycles. The summed E-state index contributed by atoms with van der Waals surface area (Å²) >= 11 is 6.53. The van der Waals surface area contributed by atoms with Gasteiger partial charge in [-0.05, 0) is 48.2 Å². The fourth-order valence-corrected chi connectivity index (χ4v) is 4.92. The second kappa shape index (κ2) is 8.19. The third-order valence-corrected chi connectivity index (χ3v) is 6.99. The molecule has 0 aliphatic heterocycles. The van der Waals surface area contributed by atoms with Gasteiger partial charge >= 0.3 is 5.97 Å². The Hall–Kier alpha value is -3.38. The lowest BCUT2D eigenvalue weighted by atomic mass is 9.54. The summed E-state index contributed by atoms with van der Waals surface area (Å²) in [5.41, 5.74) is 2.14. The maximum atomic E-state index is 12.2. The van der Waals surface area contributed by atoms with E-state index in [1.165, 1.54) is 7.11 Å². The Morgan fingerprint density at radius 1 is 1.09 bits per heavy atom. The molecule has 0 unspecified atom stereocenters. The van der Waals surface area contributed by atoms with Gasteiger partial charge in [-0.15, -0.1) is 0 Å². The molecule has 168 valence electrons. The lowest BCUT2D eigenvalue weighted by Gasteiger charge is -2.49. The minimum Gasteiger partial charge on any atom is -0.469 e. The van der Waals surface area contributed by atoms with Gasteiger partial charge in [-0.2, -0.15) is 0 Å². The molecule has 0 radical (unpaired) electrons. The van der Waals surface area contributed by atoms with E-state index in [1.807, 2.05) is 65.2 Å². The van der Waals surface area contributed by atoms with Crippen LogP contribution in [0, 0.1) is 11.3 Å². The summed E-state index contributed by atoms with van der Waals surface area (Å²) in [6.45, 7) is 4.17. The van der Waals surface area contributed by atoms with E-state index < -0.39 is 0 Å². The van der Waals surface area contributed by atoms with Crippen LogP contribution in [0.1, 0.15) is 32.0 Å². The standard InChI is InChI=1S/C26H24ClN3O3/c1-26(2)19(15-20(26)25(31)32-3)24-29-21(22-23(27)28-13-14-30(22)24)16-9-11-18(12-10-16)33-17-7-5-4-6-8-17/h4-14,19-20H,15H2,1-3H3/t19-,20+/m0/s1. The van der Waals surface area contributed by atoms with Crippen LogP contribution in [-0.2, 0) is 9.53 Å². The summed E-state index contributed by atoms with van der Waals surface area (Å²) in [5.74, 6) is 2.14. The number of nitrogens with zero attached hydrogens (tertiary/aromatic N) is 3. The Labute approximate surface area is 197 Å². The van der Waals surface area contributed by atoms with Crippen LogP contribution in [0.15, 0.2) is 67.0 Å². The number of methoxy groups -OCH3 is 1. The molecule has 33 heavy (non-hydrogen) atoms.